The van der Waals surface area contributed by atoms with E-state index < -0.39 is 0 Å². The number of amides is 2. The fourth-order valence-electron chi connectivity index (χ4n) is 2.67. The summed E-state index contributed by atoms with van der Waals surface area (Å²) in [4.78, 5) is 25.4. The van der Waals surface area contributed by atoms with Crippen LogP contribution in [-0.2, 0) is 9.59 Å². The van der Waals surface area contributed by atoms with Crippen LogP contribution in [0.2, 0.25) is 0 Å². The van der Waals surface area contributed by atoms with E-state index in [4.69, 9.17) is 4.74 Å². The van der Waals surface area contributed by atoms with Gasteiger partial charge in [-0.2, -0.15) is 0 Å². The van der Waals surface area contributed by atoms with E-state index in [1.807, 2.05) is 0 Å². The molecule has 0 radical (unpaired) electrons. The summed E-state index contributed by atoms with van der Waals surface area (Å²) in [5.74, 6) is 0.593. The fourth-order valence-corrected chi connectivity index (χ4v) is 2.67. The van der Waals surface area contributed by atoms with Gasteiger partial charge < -0.3 is 20.3 Å². The number of ether oxygens (including phenoxy) is 1. The molecule has 1 aromatic rings. The predicted octanol–water partition coefficient (Wildman–Crippen LogP) is 0.980. The van der Waals surface area contributed by atoms with E-state index in [0.717, 1.165) is 25.9 Å². The average Bonchev–Trinajstić information content (AvgIpc) is 2.52. The maximum absolute atomic E-state index is 12.2. The van der Waals surface area contributed by atoms with Crippen LogP contribution in [0.5, 0.6) is 5.75 Å². The summed E-state index contributed by atoms with van der Waals surface area (Å²) in [6, 6.07) is 5.37. The molecule has 0 bridgehead atoms. The van der Waals surface area contributed by atoms with Gasteiger partial charge >= 0.3 is 0 Å². The molecule has 0 saturated carbocycles. The van der Waals surface area contributed by atoms with Gasteiger partial charge in [-0.1, -0.05) is 0 Å². The maximum Gasteiger partial charge on any atom is 0.264 e. The van der Waals surface area contributed by atoms with Crippen LogP contribution in [0, 0.1) is 5.92 Å². The lowest BCUT2D eigenvalue weighted by molar-refractivity contribution is -0.121. The van der Waals surface area contributed by atoms with E-state index in [0.29, 0.717) is 17.1 Å². The molecule has 0 spiro atoms. The number of likely N-dealkylation sites (N-methyl/N-ethyl adjacent to an activating group) is 1. The SMILES string of the molecule is CN1C(=O)COc2ccc(NC(=O)C3CCCNC3)cc21. The Hall–Kier alpha value is -2.08. The third-order valence-corrected chi connectivity index (χ3v) is 3.98. The summed E-state index contributed by atoms with van der Waals surface area (Å²) in [5, 5.41) is 6.16. The summed E-state index contributed by atoms with van der Waals surface area (Å²) < 4.78 is 5.37. The zero-order valence-corrected chi connectivity index (χ0v) is 12.0. The number of benzene rings is 1. The molecular weight excluding hydrogens is 270 g/mol. The number of rotatable bonds is 2. The molecular formula is C15H19N3O3. The van der Waals surface area contributed by atoms with E-state index in [-0.39, 0.29) is 24.3 Å². The standard InChI is InChI=1S/C15H19N3O3/c1-18-12-7-11(4-5-13(12)21-9-14(18)19)17-15(20)10-3-2-6-16-8-10/h4-5,7,10,16H,2-3,6,8-9H2,1H3,(H,17,20). The molecule has 112 valence electrons. The number of nitrogens with zero attached hydrogens (tertiary/aromatic N) is 1. The van der Waals surface area contributed by atoms with Crippen LogP contribution in [0.1, 0.15) is 12.8 Å². The molecule has 1 atom stereocenters. The van der Waals surface area contributed by atoms with Gasteiger partial charge in [0.25, 0.3) is 5.91 Å². The van der Waals surface area contributed by atoms with Crippen LogP contribution in [0.25, 0.3) is 0 Å². The van der Waals surface area contributed by atoms with Crippen LogP contribution in [0.3, 0.4) is 0 Å². The van der Waals surface area contributed by atoms with E-state index >= 15 is 0 Å². The number of piperidine rings is 1. The Morgan fingerprint density at radius 1 is 1.48 bits per heavy atom. The van der Waals surface area contributed by atoms with Gasteiger partial charge in [-0.3, -0.25) is 9.59 Å². The van der Waals surface area contributed by atoms with Crippen molar-refractivity contribution < 1.29 is 14.3 Å². The largest absolute Gasteiger partial charge is 0.482 e. The lowest BCUT2D eigenvalue weighted by atomic mass is 9.99. The lowest BCUT2D eigenvalue weighted by Gasteiger charge is -2.27. The molecule has 1 saturated heterocycles. The first kappa shape index (κ1) is 13.9. The molecule has 6 nitrogen and oxygen atoms in total. The highest BCUT2D eigenvalue weighted by atomic mass is 16.5. The molecule has 2 heterocycles. The molecule has 2 aliphatic rings. The topological polar surface area (TPSA) is 70.7 Å². The van der Waals surface area contributed by atoms with Crippen molar-refractivity contribution in [2.75, 3.05) is 37.0 Å². The van der Waals surface area contributed by atoms with Gasteiger partial charge in [0.15, 0.2) is 6.61 Å². The van der Waals surface area contributed by atoms with Crippen molar-refractivity contribution in [3.8, 4) is 5.75 Å². The second kappa shape index (κ2) is 5.73. The Labute approximate surface area is 123 Å². The Kier molecular flexibility index (Phi) is 3.79. The molecule has 0 aromatic heterocycles. The highest BCUT2D eigenvalue weighted by Crippen LogP contribution is 2.33. The molecule has 21 heavy (non-hydrogen) atoms. The van der Waals surface area contributed by atoms with Crippen LogP contribution in [-0.4, -0.2) is 38.6 Å². The number of carbonyl (C=O) groups is 2. The Morgan fingerprint density at radius 3 is 3.10 bits per heavy atom. The lowest BCUT2D eigenvalue weighted by Crippen LogP contribution is -2.37. The molecule has 1 aromatic carbocycles. The summed E-state index contributed by atoms with van der Waals surface area (Å²) >= 11 is 0. The van der Waals surface area contributed by atoms with Crippen LogP contribution in [0.4, 0.5) is 11.4 Å². The minimum Gasteiger partial charge on any atom is -0.482 e. The van der Waals surface area contributed by atoms with Crippen LogP contribution in [0.15, 0.2) is 18.2 Å². The first-order chi connectivity index (χ1) is 10.1. The fraction of sp³-hybridized carbons (Fsp3) is 0.467. The number of hydrogen-bond donors (Lipinski definition) is 2. The van der Waals surface area contributed by atoms with E-state index in [9.17, 15) is 9.59 Å². The van der Waals surface area contributed by atoms with Crippen molar-refractivity contribution in [2.45, 2.75) is 12.8 Å². The minimum absolute atomic E-state index is 0.00499. The monoisotopic (exact) mass is 289 g/mol. The number of fused-ring (bicyclic) bond motifs is 1. The van der Waals surface area contributed by atoms with Gasteiger partial charge in [-0.15, -0.1) is 0 Å². The normalized spacial score (nSPS) is 21.5. The first-order valence-electron chi connectivity index (χ1n) is 7.20. The quantitative estimate of drug-likeness (QED) is 0.851. The summed E-state index contributed by atoms with van der Waals surface area (Å²) in [6.07, 6.45) is 1.93. The molecule has 2 aliphatic heterocycles. The summed E-state index contributed by atoms with van der Waals surface area (Å²) in [5.41, 5.74) is 1.38. The van der Waals surface area contributed by atoms with Crippen molar-refractivity contribution in [1.82, 2.24) is 5.32 Å². The van der Waals surface area contributed by atoms with Gasteiger partial charge in [0.2, 0.25) is 5.91 Å². The summed E-state index contributed by atoms with van der Waals surface area (Å²) in [6.45, 7) is 1.76. The molecule has 3 rings (SSSR count). The summed E-state index contributed by atoms with van der Waals surface area (Å²) in [7, 11) is 1.71. The van der Waals surface area contributed by atoms with Crippen LogP contribution < -0.4 is 20.3 Å². The van der Waals surface area contributed by atoms with Crippen molar-refractivity contribution in [3.05, 3.63) is 18.2 Å². The van der Waals surface area contributed by atoms with Gasteiger partial charge in [0.1, 0.15) is 5.75 Å². The highest BCUT2D eigenvalue weighted by Gasteiger charge is 2.24. The number of hydrogen-bond acceptors (Lipinski definition) is 4. The van der Waals surface area contributed by atoms with E-state index in [2.05, 4.69) is 10.6 Å². The molecule has 6 heteroatoms. The Balaban J connectivity index is 1.74. The Morgan fingerprint density at radius 2 is 2.33 bits per heavy atom. The van der Waals surface area contributed by atoms with Crippen molar-refractivity contribution in [2.24, 2.45) is 5.92 Å². The second-order valence-corrected chi connectivity index (χ2v) is 5.46. The zero-order valence-electron chi connectivity index (χ0n) is 12.0. The van der Waals surface area contributed by atoms with Gasteiger partial charge in [0, 0.05) is 19.3 Å². The van der Waals surface area contributed by atoms with E-state index in [1.54, 1.807) is 30.1 Å². The molecule has 0 aliphatic carbocycles. The number of nitrogens with one attached hydrogen (secondary N) is 2. The maximum atomic E-state index is 12.2. The highest BCUT2D eigenvalue weighted by molar-refractivity contribution is 5.99. The third kappa shape index (κ3) is 2.85. The van der Waals surface area contributed by atoms with Gasteiger partial charge in [-0.25, -0.2) is 0 Å². The van der Waals surface area contributed by atoms with E-state index in [1.165, 1.54) is 0 Å². The van der Waals surface area contributed by atoms with Crippen molar-refractivity contribution >= 4 is 23.2 Å². The minimum atomic E-state index is -0.0949. The molecule has 2 N–H and O–H groups in total. The second-order valence-electron chi connectivity index (χ2n) is 5.46. The zero-order chi connectivity index (χ0) is 14.8. The number of carbonyl (C=O) groups excluding carboxylic acids is 2. The molecule has 1 fully saturated rings. The molecule has 1 unspecified atom stereocenters. The molecule has 2 amide bonds. The average molecular weight is 289 g/mol. The van der Waals surface area contributed by atoms with Gasteiger partial charge in [-0.05, 0) is 37.6 Å². The smallest absolute Gasteiger partial charge is 0.264 e. The predicted molar refractivity (Wildman–Crippen MR) is 79.6 cm³/mol. The first-order valence-corrected chi connectivity index (χ1v) is 7.20. The van der Waals surface area contributed by atoms with Crippen LogP contribution >= 0.6 is 0 Å². The van der Waals surface area contributed by atoms with Crippen molar-refractivity contribution in [3.63, 3.8) is 0 Å². The van der Waals surface area contributed by atoms with Gasteiger partial charge in [0.05, 0.1) is 11.6 Å². The van der Waals surface area contributed by atoms with Crippen molar-refractivity contribution in [1.29, 1.82) is 0 Å². The third-order valence-electron chi connectivity index (χ3n) is 3.98. The Bertz CT molecular complexity index is 567. The number of anilines is 2.